The van der Waals surface area contributed by atoms with E-state index in [4.69, 9.17) is 4.74 Å². The van der Waals surface area contributed by atoms with Gasteiger partial charge in [0.2, 0.25) is 5.91 Å². The van der Waals surface area contributed by atoms with Crippen molar-refractivity contribution < 1.29 is 23.9 Å². The highest BCUT2D eigenvalue weighted by Gasteiger charge is 2.45. The molecule has 0 spiro atoms. The molecule has 0 N–H and O–H groups in total. The molecule has 2 aliphatic heterocycles. The molecular formula is C20H24N2O5. The first kappa shape index (κ1) is 19.1. The number of benzene rings is 1. The number of carbonyl (C=O) groups is 4. The van der Waals surface area contributed by atoms with Crippen LogP contribution in [0.15, 0.2) is 24.3 Å². The van der Waals surface area contributed by atoms with E-state index in [-0.39, 0.29) is 30.3 Å². The van der Waals surface area contributed by atoms with Crippen LogP contribution in [0.3, 0.4) is 0 Å². The zero-order chi connectivity index (χ0) is 19.7. The molecule has 7 heteroatoms. The normalized spacial score (nSPS) is 20.7. The van der Waals surface area contributed by atoms with E-state index < -0.39 is 17.9 Å². The maximum atomic E-state index is 13.3. The molecule has 0 radical (unpaired) electrons. The summed E-state index contributed by atoms with van der Waals surface area (Å²) in [6.07, 6.45) is 1.34. The number of likely N-dealkylation sites (tertiary alicyclic amines) is 1. The van der Waals surface area contributed by atoms with Crippen molar-refractivity contribution in [3.63, 3.8) is 0 Å². The van der Waals surface area contributed by atoms with Gasteiger partial charge >= 0.3 is 5.97 Å². The van der Waals surface area contributed by atoms with Crippen molar-refractivity contribution in [2.45, 2.75) is 32.7 Å². The third-order valence-electron chi connectivity index (χ3n) is 5.26. The van der Waals surface area contributed by atoms with Crippen molar-refractivity contribution in [3.05, 3.63) is 35.4 Å². The second kappa shape index (κ2) is 7.50. The topological polar surface area (TPSA) is 84.0 Å². The fourth-order valence-corrected chi connectivity index (χ4v) is 3.88. The number of methoxy groups -OCH3 is 1. The Kier molecular flexibility index (Phi) is 5.30. The van der Waals surface area contributed by atoms with E-state index in [1.165, 1.54) is 7.11 Å². The summed E-state index contributed by atoms with van der Waals surface area (Å²) in [5.74, 6) is -2.14. The maximum absolute atomic E-state index is 13.3. The number of esters is 1. The summed E-state index contributed by atoms with van der Waals surface area (Å²) in [5, 5.41) is 0. The number of ether oxygens (including phenoxy) is 1. The van der Waals surface area contributed by atoms with Crippen molar-refractivity contribution in [2.75, 3.05) is 20.2 Å². The van der Waals surface area contributed by atoms with E-state index in [9.17, 15) is 19.2 Å². The summed E-state index contributed by atoms with van der Waals surface area (Å²) in [7, 11) is 1.33. The van der Waals surface area contributed by atoms with Crippen LogP contribution < -0.4 is 0 Å². The second-order valence-corrected chi connectivity index (χ2v) is 7.36. The molecular weight excluding hydrogens is 348 g/mol. The van der Waals surface area contributed by atoms with Gasteiger partial charge in [0.05, 0.1) is 24.2 Å². The van der Waals surface area contributed by atoms with Gasteiger partial charge in [-0.25, -0.2) is 0 Å². The van der Waals surface area contributed by atoms with Crippen molar-refractivity contribution in [1.29, 1.82) is 0 Å². The largest absolute Gasteiger partial charge is 0.469 e. The summed E-state index contributed by atoms with van der Waals surface area (Å²) in [6, 6.07) is 5.71. The molecule has 1 aromatic carbocycles. The fraction of sp³-hybridized carbons (Fsp3) is 0.500. The summed E-state index contributed by atoms with van der Waals surface area (Å²) in [4.78, 5) is 53.4. The standard InChI is InChI=1S/C20H24N2O5/c1-12(2)16(19(25)21-10-6-7-13(11-21)20(26)27-3)22-17(23)14-8-4-5-9-15(14)18(22)24/h4-5,8-9,12-13,16H,6-7,10-11H2,1-3H3. The molecule has 1 aromatic rings. The van der Waals surface area contributed by atoms with Gasteiger partial charge in [0.15, 0.2) is 0 Å². The second-order valence-electron chi connectivity index (χ2n) is 7.36. The Balaban J connectivity index is 1.86. The van der Waals surface area contributed by atoms with Crippen LogP contribution >= 0.6 is 0 Å². The van der Waals surface area contributed by atoms with E-state index >= 15 is 0 Å². The number of hydrogen-bond donors (Lipinski definition) is 0. The van der Waals surface area contributed by atoms with Crippen LogP contribution in [0.25, 0.3) is 0 Å². The molecule has 2 aliphatic rings. The molecule has 2 unspecified atom stereocenters. The quantitative estimate of drug-likeness (QED) is 0.594. The highest BCUT2D eigenvalue weighted by molar-refractivity contribution is 6.22. The van der Waals surface area contributed by atoms with Gasteiger partial charge in [0, 0.05) is 13.1 Å². The molecule has 3 rings (SSSR count). The highest BCUT2D eigenvalue weighted by atomic mass is 16.5. The van der Waals surface area contributed by atoms with Gasteiger partial charge in [-0.2, -0.15) is 0 Å². The number of piperidine rings is 1. The molecule has 144 valence electrons. The monoisotopic (exact) mass is 372 g/mol. The Morgan fingerprint density at radius 1 is 1.11 bits per heavy atom. The summed E-state index contributed by atoms with van der Waals surface area (Å²) >= 11 is 0. The molecule has 2 atom stereocenters. The Hall–Kier alpha value is -2.70. The van der Waals surface area contributed by atoms with Crippen molar-refractivity contribution in [2.24, 2.45) is 11.8 Å². The first-order chi connectivity index (χ1) is 12.9. The van der Waals surface area contributed by atoms with Gasteiger partial charge in [-0.1, -0.05) is 26.0 Å². The number of carbonyl (C=O) groups excluding carboxylic acids is 4. The van der Waals surface area contributed by atoms with E-state index in [0.29, 0.717) is 30.5 Å². The van der Waals surface area contributed by atoms with E-state index in [2.05, 4.69) is 0 Å². The Morgan fingerprint density at radius 3 is 2.22 bits per heavy atom. The van der Waals surface area contributed by atoms with Crippen molar-refractivity contribution in [1.82, 2.24) is 9.80 Å². The lowest BCUT2D eigenvalue weighted by Gasteiger charge is -2.37. The zero-order valence-electron chi connectivity index (χ0n) is 15.8. The predicted octanol–water partition coefficient (Wildman–Crippen LogP) is 1.72. The lowest BCUT2D eigenvalue weighted by molar-refractivity contribution is -0.150. The van der Waals surface area contributed by atoms with Gasteiger partial charge in [0.25, 0.3) is 11.8 Å². The number of hydrogen-bond acceptors (Lipinski definition) is 5. The molecule has 0 saturated carbocycles. The molecule has 0 aromatic heterocycles. The SMILES string of the molecule is COC(=O)C1CCCN(C(=O)C(C(C)C)N2C(=O)c3ccccc3C2=O)C1. The number of fused-ring (bicyclic) bond motifs is 1. The van der Waals surface area contributed by atoms with Crippen LogP contribution in [0.2, 0.25) is 0 Å². The maximum Gasteiger partial charge on any atom is 0.310 e. The van der Waals surface area contributed by atoms with E-state index in [1.807, 2.05) is 13.8 Å². The minimum atomic E-state index is -0.895. The number of imide groups is 1. The van der Waals surface area contributed by atoms with Crippen molar-refractivity contribution >= 4 is 23.7 Å². The first-order valence-corrected chi connectivity index (χ1v) is 9.20. The lowest BCUT2D eigenvalue weighted by Crippen LogP contribution is -2.55. The number of amides is 3. The fourth-order valence-electron chi connectivity index (χ4n) is 3.88. The first-order valence-electron chi connectivity index (χ1n) is 9.20. The van der Waals surface area contributed by atoms with Gasteiger partial charge in [-0.3, -0.25) is 24.1 Å². The third-order valence-corrected chi connectivity index (χ3v) is 5.26. The summed E-state index contributed by atoms with van der Waals surface area (Å²) in [5.41, 5.74) is 0.652. The average molecular weight is 372 g/mol. The molecule has 7 nitrogen and oxygen atoms in total. The highest BCUT2D eigenvalue weighted by Crippen LogP contribution is 2.29. The van der Waals surface area contributed by atoms with Gasteiger partial charge in [0.1, 0.15) is 6.04 Å². The van der Waals surface area contributed by atoms with Crippen LogP contribution in [0.5, 0.6) is 0 Å². The van der Waals surface area contributed by atoms with E-state index in [1.54, 1.807) is 29.2 Å². The Bertz CT molecular complexity index is 753. The van der Waals surface area contributed by atoms with Crippen LogP contribution in [-0.4, -0.2) is 59.7 Å². The summed E-state index contributed by atoms with van der Waals surface area (Å²) in [6.45, 7) is 4.37. The van der Waals surface area contributed by atoms with Gasteiger partial charge in [-0.05, 0) is 30.9 Å². The average Bonchev–Trinajstić information content (AvgIpc) is 2.93. The molecule has 2 heterocycles. The molecule has 27 heavy (non-hydrogen) atoms. The molecule has 1 saturated heterocycles. The number of rotatable bonds is 4. The number of nitrogens with zero attached hydrogens (tertiary/aromatic N) is 2. The smallest absolute Gasteiger partial charge is 0.310 e. The van der Waals surface area contributed by atoms with Crippen LogP contribution in [0.1, 0.15) is 47.4 Å². The summed E-state index contributed by atoms with van der Waals surface area (Å²) < 4.78 is 4.81. The van der Waals surface area contributed by atoms with Crippen molar-refractivity contribution in [3.8, 4) is 0 Å². The van der Waals surface area contributed by atoms with E-state index in [0.717, 1.165) is 4.90 Å². The molecule has 0 bridgehead atoms. The minimum absolute atomic E-state index is 0.248. The molecule has 0 aliphatic carbocycles. The Labute approximate surface area is 158 Å². The third kappa shape index (κ3) is 3.34. The van der Waals surface area contributed by atoms with Gasteiger partial charge < -0.3 is 9.64 Å². The lowest BCUT2D eigenvalue weighted by atomic mass is 9.95. The molecule has 3 amide bonds. The van der Waals surface area contributed by atoms with Crippen LogP contribution in [0.4, 0.5) is 0 Å². The minimum Gasteiger partial charge on any atom is -0.469 e. The predicted molar refractivity (Wildman–Crippen MR) is 96.9 cm³/mol. The Morgan fingerprint density at radius 2 is 1.70 bits per heavy atom. The van der Waals surface area contributed by atoms with Gasteiger partial charge in [-0.15, -0.1) is 0 Å². The van der Waals surface area contributed by atoms with Crippen LogP contribution in [-0.2, 0) is 14.3 Å². The van der Waals surface area contributed by atoms with Crippen LogP contribution in [0, 0.1) is 11.8 Å². The zero-order valence-corrected chi connectivity index (χ0v) is 15.8. The molecule has 1 fully saturated rings.